The summed E-state index contributed by atoms with van der Waals surface area (Å²) in [5.74, 6) is -0.516. The second kappa shape index (κ2) is 15.9. The van der Waals surface area contributed by atoms with Gasteiger partial charge in [0, 0.05) is 31.1 Å². The Labute approximate surface area is 189 Å². The summed E-state index contributed by atoms with van der Waals surface area (Å²) in [5, 5.41) is 0. The molecule has 1 aliphatic carbocycles. The Kier molecular flexibility index (Phi) is 14.9. The highest BCUT2D eigenvalue weighted by Gasteiger charge is 2.32. The predicted molar refractivity (Wildman–Crippen MR) is 128 cm³/mol. The minimum absolute atomic E-state index is 0.0265. The van der Waals surface area contributed by atoms with Crippen molar-refractivity contribution in [2.75, 3.05) is 0 Å². The largest absolute Gasteiger partial charge is 0.300 e. The van der Waals surface area contributed by atoms with Crippen molar-refractivity contribution in [2.24, 2.45) is 17.8 Å². The first-order valence-corrected chi connectivity index (χ1v) is 12.0. The number of hydrogen-bond donors (Lipinski definition) is 0. The fourth-order valence-electron chi connectivity index (χ4n) is 4.19. The molecule has 1 aliphatic rings. The number of ketones is 4. The summed E-state index contributed by atoms with van der Waals surface area (Å²) in [6, 6.07) is 0. The molecule has 0 heterocycles. The number of rotatable bonds is 9. The second-order valence-corrected chi connectivity index (χ2v) is 9.00. The predicted octanol–water partition coefficient (Wildman–Crippen LogP) is 6.61. The van der Waals surface area contributed by atoms with Crippen LogP contribution in [0.4, 0.5) is 0 Å². The summed E-state index contributed by atoms with van der Waals surface area (Å²) in [4.78, 5) is 49.4. The Morgan fingerprint density at radius 3 is 2.23 bits per heavy atom. The van der Waals surface area contributed by atoms with E-state index in [9.17, 15) is 19.2 Å². The SMILES string of the molecule is CCC.CCCC(CC1CC(=O)C/C(C)=C(C)\C=C/CC1=O)C(CC)C(=O)CC(C)=O. The molecule has 4 heteroatoms. The first kappa shape index (κ1) is 29.2. The fourth-order valence-corrected chi connectivity index (χ4v) is 4.19. The highest BCUT2D eigenvalue weighted by atomic mass is 16.2. The van der Waals surface area contributed by atoms with Crippen LogP contribution in [0.1, 0.15) is 106 Å². The van der Waals surface area contributed by atoms with Crippen LogP contribution in [0.25, 0.3) is 0 Å². The molecule has 0 amide bonds. The highest BCUT2D eigenvalue weighted by molar-refractivity contribution is 5.99. The monoisotopic (exact) mass is 432 g/mol. The van der Waals surface area contributed by atoms with Gasteiger partial charge in [0.1, 0.15) is 23.1 Å². The molecule has 0 aromatic rings. The van der Waals surface area contributed by atoms with E-state index >= 15 is 0 Å². The van der Waals surface area contributed by atoms with E-state index in [1.165, 1.54) is 13.3 Å². The zero-order chi connectivity index (χ0) is 24.0. The van der Waals surface area contributed by atoms with Crippen LogP contribution in [0.15, 0.2) is 23.3 Å². The van der Waals surface area contributed by atoms with Crippen LogP contribution in [-0.2, 0) is 19.2 Å². The topological polar surface area (TPSA) is 68.3 Å². The summed E-state index contributed by atoms with van der Waals surface area (Å²) in [6.07, 6.45) is 8.91. The normalized spacial score (nSPS) is 22.7. The minimum Gasteiger partial charge on any atom is -0.300 e. The van der Waals surface area contributed by atoms with Crippen molar-refractivity contribution in [2.45, 2.75) is 106 Å². The van der Waals surface area contributed by atoms with E-state index < -0.39 is 0 Å². The van der Waals surface area contributed by atoms with Gasteiger partial charge in [0.15, 0.2) is 0 Å². The fraction of sp³-hybridized carbons (Fsp3) is 0.704. The molecule has 0 fully saturated rings. The molecule has 0 aromatic carbocycles. The zero-order valence-electron chi connectivity index (χ0n) is 20.9. The van der Waals surface area contributed by atoms with E-state index in [1.807, 2.05) is 32.9 Å². The molecule has 1 rings (SSSR count). The lowest BCUT2D eigenvalue weighted by atomic mass is 9.74. The Bertz CT molecular complexity index is 669. The van der Waals surface area contributed by atoms with Crippen LogP contribution in [0.5, 0.6) is 0 Å². The standard InChI is InChI=1S/C24H36O4.C3H8/c1-6-9-19(22(7-2)24(28)13-18(5)25)14-20-15-21(26)12-17(4)16(3)10-8-11-23(20)27;1-3-2/h8,10,19-20,22H,6-7,9,11-15H2,1-5H3;3H2,1-2H3/b10-8-,17-16-;. The molecular formula is C27H44O4. The molecule has 176 valence electrons. The lowest BCUT2D eigenvalue weighted by Crippen LogP contribution is -2.29. The summed E-state index contributed by atoms with van der Waals surface area (Å²) in [7, 11) is 0. The van der Waals surface area contributed by atoms with Crippen LogP contribution in [0.2, 0.25) is 0 Å². The van der Waals surface area contributed by atoms with E-state index in [1.54, 1.807) is 0 Å². The molecule has 0 N–H and O–H groups in total. The first-order chi connectivity index (χ1) is 14.6. The summed E-state index contributed by atoms with van der Waals surface area (Å²) in [5.41, 5.74) is 2.09. The summed E-state index contributed by atoms with van der Waals surface area (Å²) in [6.45, 7) is 13.6. The Balaban J connectivity index is 0.00000282. The van der Waals surface area contributed by atoms with Gasteiger partial charge in [-0.1, -0.05) is 63.8 Å². The van der Waals surface area contributed by atoms with Gasteiger partial charge < -0.3 is 0 Å². The van der Waals surface area contributed by atoms with Crippen LogP contribution >= 0.6 is 0 Å². The van der Waals surface area contributed by atoms with E-state index in [0.717, 1.165) is 24.0 Å². The average molecular weight is 433 g/mol. The van der Waals surface area contributed by atoms with E-state index in [-0.39, 0.29) is 53.7 Å². The van der Waals surface area contributed by atoms with Gasteiger partial charge in [0.25, 0.3) is 0 Å². The van der Waals surface area contributed by atoms with Crippen molar-refractivity contribution >= 4 is 23.1 Å². The maximum atomic E-state index is 12.8. The van der Waals surface area contributed by atoms with Crippen LogP contribution < -0.4 is 0 Å². The molecule has 0 saturated carbocycles. The van der Waals surface area contributed by atoms with Gasteiger partial charge in [-0.15, -0.1) is 0 Å². The van der Waals surface area contributed by atoms with E-state index in [0.29, 0.717) is 25.7 Å². The molecule has 4 nitrogen and oxygen atoms in total. The number of carbonyl (C=O) groups excluding carboxylic acids is 4. The first-order valence-electron chi connectivity index (χ1n) is 12.0. The molecule has 0 spiro atoms. The Morgan fingerprint density at radius 2 is 1.71 bits per heavy atom. The van der Waals surface area contributed by atoms with E-state index in [2.05, 4.69) is 20.8 Å². The molecule has 0 aliphatic heterocycles. The van der Waals surface area contributed by atoms with Crippen molar-refractivity contribution < 1.29 is 19.2 Å². The Morgan fingerprint density at radius 1 is 1.10 bits per heavy atom. The summed E-state index contributed by atoms with van der Waals surface area (Å²) < 4.78 is 0. The second-order valence-electron chi connectivity index (χ2n) is 9.00. The number of carbonyl (C=O) groups is 4. The van der Waals surface area contributed by atoms with Crippen LogP contribution in [-0.4, -0.2) is 23.1 Å². The van der Waals surface area contributed by atoms with Crippen molar-refractivity contribution in [1.82, 2.24) is 0 Å². The van der Waals surface area contributed by atoms with Gasteiger partial charge in [-0.05, 0) is 46.0 Å². The molecule has 0 aromatic heterocycles. The molecular weight excluding hydrogens is 388 g/mol. The van der Waals surface area contributed by atoms with Crippen LogP contribution in [0.3, 0.4) is 0 Å². The Hall–Kier alpha value is -1.84. The maximum absolute atomic E-state index is 12.8. The molecule has 31 heavy (non-hydrogen) atoms. The quantitative estimate of drug-likeness (QED) is 0.384. The van der Waals surface area contributed by atoms with Crippen molar-refractivity contribution in [3.05, 3.63) is 23.3 Å². The third kappa shape index (κ3) is 11.4. The third-order valence-electron chi connectivity index (χ3n) is 5.84. The average Bonchev–Trinajstić information content (AvgIpc) is 2.67. The van der Waals surface area contributed by atoms with Gasteiger partial charge in [-0.3, -0.25) is 19.2 Å². The lowest BCUT2D eigenvalue weighted by molar-refractivity contribution is -0.131. The number of allylic oxidation sites excluding steroid dienone is 4. The van der Waals surface area contributed by atoms with Gasteiger partial charge in [0.2, 0.25) is 0 Å². The third-order valence-corrected chi connectivity index (χ3v) is 5.84. The van der Waals surface area contributed by atoms with Crippen molar-refractivity contribution in [3.8, 4) is 0 Å². The molecule has 3 unspecified atom stereocenters. The number of hydrogen-bond acceptors (Lipinski definition) is 4. The maximum Gasteiger partial charge on any atom is 0.143 e. The highest BCUT2D eigenvalue weighted by Crippen LogP contribution is 2.32. The van der Waals surface area contributed by atoms with Gasteiger partial charge in [-0.25, -0.2) is 0 Å². The summed E-state index contributed by atoms with van der Waals surface area (Å²) >= 11 is 0. The van der Waals surface area contributed by atoms with Gasteiger partial charge in [0.05, 0.1) is 6.42 Å². The zero-order valence-corrected chi connectivity index (χ0v) is 20.9. The van der Waals surface area contributed by atoms with Crippen molar-refractivity contribution in [3.63, 3.8) is 0 Å². The molecule has 0 radical (unpaired) electrons. The smallest absolute Gasteiger partial charge is 0.143 e. The van der Waals surface area contributed by atoms with Gasteiger partial charge >= 0.3 is 0 Å². The lowest BCUT2D eigenvalue weighted by Gasteiger charge is -2.28. The van der Waals surface area contributed by atoms with Crippen molar-refractivity contribution in [1.29, 1.82) is 0 Å². The molecule has 0 bridgehead atoms. The van der Waals surface area contributed by atoms with E-state index in [4.69, 9.17) is 0 Å². The minimum atomic E-state index is -0.348. The molecule has 3 atom stereocenters. The number of Topliss-reactive ketones (excluding diaryl/α,β-unsaturated/α-hetero) is 4. The molecule has 0 saturated heterocycles. The van der Waals surface area contributed by atoms with Crippen LogP contribution in [0, 0.1) is 17.8 Å². The van der Waals surface area contributed by atoms with Gasteiger partial charge in [-0.2, -0.15) is 0 Å².